The van der Waals surface area contributed by atoms with Gasteiger partial charge >= 0.3 is 0 Å². The zero-order chi connectivity index (χ0) is 19.2. The number of nitrogens with zero attached hydrogens (tertiary/aromatic N) is 2. The van der Waals surface area contributed by atoms with Gasteiger partial charge in [0.15, 0.2) is 6.61 Å². The zero-order valence-corrected chi connectivity index (χ0v) is 15.7. The number of carbonyl (C=O) groups excluding carboxylic acids is 1. The summed E-state index contributed by atoms with van der Waals surface area (Å²) in [4.78, 5) is 14.4. The average molecular weight is 373 g/mol. The predicted molar refractivity (Wildman–Crippen MR) is 113 cm³/mol. The molecule has 1 saturated heterocycles. The quantitative estimate of drug-likeness (QED) is 0.525. The van der Waals surface area contributed by atoms with E-state index in [4.69, 9.17) is 4.74 Å². The number of amides is 1. The lowest BCUT2D eigenvalue weighted by molar-refractivity contribution is -0.123. The van der Waals surface area contributed by atoms with Crippen molar-refractivity contribution < 1.29 is 9.53 Å². The highest BCUT2D eigenvalue weighted by Crippen LogP contribution is 2.25. The smallest absolute Gasteiger partial charge is 0.277 e. The molecule has 0 atom stereocenters. The number of carbonyl (C=O) groups is 1. The fourth-order valence-electron chi connectivity index (χ4n) is 3.42. The lowest BCUT2D eigenvalue weighted by atomic mass is 10.1. The van der Waals surface area contributed by atoms with Crippen molar-refractivity contribution in [3.05, 3.63) is 72.3 Å². The molecule has 0 unspecified atom stereocenters. The van der Waals surface area contributed by atoms with Crippen LogP contribution < -0.4 is 15.1 Å². The second-order valence-corrected chi connectivity index (χ2v) is 6.84. The van der Waals surface area contributed by atoms with E-state index >= 15 is 0 Å². The van der Waals surface area contributed by atoms with E-state index in [2.05, 4.69) is 27.6 Å². The van der Waals surface area contributed by atoms with Crippen LogP contribution in [-0.4, -0.2) is 31.8 Å². The Hall–Kier alpha value is -3.34. The van der Waals surface area contributed by atoms with Crippen LogP contribution in [0.1, 0.15) is 18.4 Å². The molecule has 3 aromatic carbocycles. The summed E-state index contributed by atoms with van der Waals surface area (Å²) in [6.45, 7) is 2.17. The van der Waals surface area contributed by atoms with Gasteiger partial charge in [0.1, 0.15) is 5.75 Å². The number of benzene rings is 3. The third-order valence-electron chi connectivity index (χ3n) is 4.88. The van der Waals surface area contributed by atoms with Gasteiger partial charge in [0.25, 0.3) is 5.91 Å². The van der Waals surface area contributed by atoms with Gasteiger partial charge in [0.05, 0.1) is 6.21 Å². The van der Waals surface area contributed by atoms with Crippen molar-refractivity contribution in [1.29, 1.82) is 0 Å². The van der Waals surface area contributed by atoms with Crippen LogP contribution in [0.5, 0.6) is 5.75 Å². The Bertz CT molecular complexity index is 971. The van der Waals surface area contributed by atoms with Crippen LogP contribution in [0.3, 0.4) is 0 Å². The lowest BCUT2D eigenvalue weighted by Crippen LogP contribution is -2.24. The Morgan fingerprint density at radius 3 is 2.57 bits per heavy atom. The summed E-state index contributed by atoms with van der Waals surface area (Å²) in [6, 6.07) is 21.9. The number of nitrogens with one attached hydrogen (secondary N) is 1. The normalized spacial score (nSPS) is 13.9. The van der Waals surface area contributed by atoms with Crippen molar-refractivity contribution in [3.8, 4) is 5.75 Å². The molecule has 0 radical (unpaired) electrons. The molecule has 1 aliphatic rings. The second kappa shape index (κ2) is 8.57. The van der Waals surface area contributed by atoms with Crippen molar-refractivity contribution in [1.82, 2.24) is 5.43 Å². The van der Waals surface area contributed by atoms with Crippen LogP contribution in [0.2, 0.25) is 0 Å². The van der Waals surface area contributed by atoms with Crippen molar-refractivity contribution in [2.24, 2.45) is 5.10 Å². The average Bonchev–Trinajstić information content (AvgIpc) is 3.28. The van der Waals surface area contributed by atoms with E-state index in [1.165, 1.54) is 18.5 Å². The number of hydrogen-bond donors (Lipinski definition) is 1. The first-order valence-electron chi connectivity index (χ1n) is 9.57. The van der Waals surface area contributed by atoms with Gasteiger partial charge in [-0.3, -0.25) is 4.79 Å². The largest absolute Gasteiger partial charge is 0.483 e. The first-order valence-corrected chi connectivity index (χ1v) is 9.57. The maximum Gasteiger partial charge on any atom is 0.277 e. The maximum atomic E-state index is 12.0. The molecule has 28 heavy (non-hydrogen) atoms. The van der Waals surface area contributed by atoms with Crippen LogP contribution >= 0.6 is 0 Å². The minimum atomic E-state index is -0.294. The monoisotopic (exact) mass is 373 g/mol. The Morgan fingerprint density at radius 2 is 1.75 bits per heavy atom. The molecule has 1 amide bonds. The second-order valence-electron chi connectivity index (χ2n) is 6.84. The van der Waals surface area contributed by atoms with Crippen molar-refractivity contribution in [2.45, 2.75) is 12.8 Å². The molecule has 0 saturated carbocycles. The lowest BCUT2D eigenvalue weighted by Gasteiger charge is -2.17. The maximum absolute atomic E-state index is 12.0. The Morgan fingerprint density at radius 1 is 1.00 bits per heavy atom. The minimum Gasteiger partial charge on any atom is -0.483 e. The molecule has 0 aliphatic carbocycles. The predicted octanol–water partition coefficient (Wildman–Crippen LogP) is 3.97. The first-order chi connectivity index (χ1) is 13.8. The van der Waals surface area contributed by atoms with E-state index in [1.54, 1.807) is 6.21 Å². The summed E-state index contributed by atoms with van der Waals surface area (Å²) in [5.74, 6) is 0.396. The highest BCUT2D eigenvalue weighted by molar-refractivity contribution is 5.89. The molecule has 1 fully saturated rings. The van der Waals surface area contributed by atoms with Crippen molar-refractivity contribution in [2.75, 3.05) is 24.6 Å². The van der Waals surface area contributed by atoms with E-state index in [0.29, 0.717) is 5.75 Å². The van der Waals surface area contributed by atoms with Crippen molar-refractivity contribution in [3.63, 3.8) is 0 Å². The summed E-state index contributed by atoms with van der Waals surface area (Å²) < 4.78 is 5.67. The molecule has 5 heteroatoms. The third-order valence-corrected chi connectivity index (χ3v) is 4.88. The van der Waals surface area contributed by atoms with Gasteiger partial charge in [0, 0.05) is 24.2 Å². The molecule has 4 rings (SSSR count). The summed E-state index contributed by atoms with van der Waals surface area (Å²) in [5, 5.41) is 6.09. The summed E-state index contributed by atoms with van der Waals surface area (Å²) in [6.07, 6.45) is 4.16. The minimum absolute atomic E-state index is 0.0841. The number of fused-ring (bicyclic) bond motifs is 1. The zero-order valence-electron chi connectivity index (χ0n) is 15.7. The molecule has 0 aromatic heterocycles. The highest BCUT2D eigenvalue weighted by Gasteiger charge is 2.11. The number of rotatable bonds is 6. The molecular weight excluding hydrogens is 350 g/mol. The van der Waals surface area contributed by atoms with Crippen LogP contribution in [-0.2, 0) is 4.79 Å². The Kier molecular flexibility index (Phi) is 5.52. The van der Waals surface area contributed by atoms with Crippen LogP contribution in [0.15, 0.2) is 71.8 Å². The van der Waals surface area contributed by atoms with Crippen LogP contribution in [0, 0.1) is 0 Å². The molecule has 0 bridgehead atoms. The SMILES string of the molecule is O=C(COc1cccc2ccccc12)N/N=C/c1ccc(N2CCCC2)cc1. The molecule has 142 valence electrons. The van der Waals surface area contributed by atoms with E-state index < -0.39 is 0 Å². The van der Waals surface area contributed by atoms with Gasteiger partial charge in [0.2, 0.25) is 0 Å². The fraction of sp³-hybridized carbons (Fsp3) is 0.217. The topological polar surface area (TPSA) is 53.9 Å². The van der Waals surface area contributed by atoms with E-state index in [9.17, 15) is 4.79 Å². The molecular formula is C23H23N3O2. The number of hydrazone groups is 1. The first kappa shape index (κ1) is 18.0. The molecule has 0 spiro atoms. The van der Waals surface area contributed by atoms with Crippen LogP contribution in [0.4, 0.5) is 5.69 Å². The van der Waals surface area contributed by atoms with Gasteiger partial charge in [-0.25, -0.2) is 5.43 Å². The molecule has 1 heterocycles. The summed E-state index contributed by atoms with van der Waals surface area (Å²) >= 11 is 0. The highest BCUT2D eigenvalue weighted by atomic mass is 16.5. The van der Waals surface area contributed by atoms with Gasteiger partial charge in [-0.05, 0) is 42.0 Å². The molecule has 1 aliphatic heterocycles. The fourth-order valence-corrected chi connectivity index (χ4v) is 3.42. The number of hydrogen-bond acceptors (Lipinski definition) is 4. The Balaban J connectivity index is 1.29. The standard InChI is InChI=1S/C23H23N3O2/c27-23(17-28-22-9-5-7-19-6-1-2-8-21(19)22)25-24-16-18-10-12-20(13-11-18)26-14-3-4-15-26/h1-2,5-13,16H,3-4,14-15,17H2,(H,25,27)/b24-16+. The molecule has 1 N–H and O–H groups in total. The van der Waals surface area contributed by atoms with Gasteiger partial charge in [-0.1, -0.05) is 48.5 Å². The summed E-state index contributed by atoms with van der Waals surface area (Å²) in [7, 11) is 0. The van der Waals surface area contributed by atoms with E-state index in [1.807, 2.05) is 54.6 Å². The Labute approximate surface area is 164 Å². The van der Waals surface area contributed by atoms with E-state index in [-0.39, 0.29) is 12.5 Å². The van der Waals surface area contributed by atoms with E-state index in [0.717, 1.165) is 29.4 Å². The van der Waals surface area contributed by atoms with Gasteiger partial charge in [-0.15, -0.1) is 0 Å². The molecule has 5 nitrogen and oxygen atoms in total. The number of anilines is 1. The number of ether oxygens (including phenoxy) is 1. The van der Waals surface area contributed by atoms with Crippen molar-refractivity contribution >= 4 is 28.6 Å². The van der Waals surface area contributed by atoms with Gasteiger partial charge < -0.3 is 9.64 Å². The molecule has 3 aromatic rings. The van der Waals surface area contributed by atoms with Crippen LogP contribution in [0.25, 0.3) is 10.8 Å². The van der Waals surface area contributed by atoms with Gasteiger partial charge in [-0.2, -0.15) is 5.10 Å². The summed E-state index contributed by atoms with van der Waals surface area (Å²) in [5.41, 5.74) is 4.70. The third kappa shape index (κ3) is 4.31.